The van der Waals surface area contributed by atoms with Gasteiger partial charge in [0.25, 0.3) is 0 Å². The number of carbonyl (C=O) groups excluding carboxylic acids is 1. The zero-order valence-electron chi connectivity index (χ0n) is 14.8. The van der Waals surface area contributed by atoms with Gasteiger partial charge in [0.1, 0.15) is 6.61 Å². The second kappa shape index (κ2) is 18.9. The smallest absolute Gasteiger partial charge is 0.170 e. The molecule has 2 heteroatoms. The maximum Gasteiger partial charge on any atom is 0.170 e. The van der Waals surface area contributed by atoms with E-state index in [0.717, 1.165) is 6.42 Å². The molecule has 0 aromatic carbocycles. The van der Waals surface area contributed by atoms with Crippen LogP contribution in [0.2, 0.25) is 0 Å². The van der Waals surface area contributed by atoms with E-state index in [-0.39, 0.29) is 12.2 Å². The Hall–Kier alpha value is -2.13. The van der Waals surface area contributed by atoms with Crippen molar-refractivity contribution in [3.8, 4) is 47.4 Å². The number of rotatable bonds is 8. The largest absolute Gasteiger partial charge is 0.389 e. The molecule has 0 atom stereocenters. The number of hydrogen-bond donors (Lipinski definition) is 1. The second-order valence-electron chi connectivity index (χ2n) is 5.34. The highest BCUT2D eigenvalue weighted by molar-refractivity contribution is 5.81. The minimum Gasteiger partial charge on any atom is -0.389 e. The van der Waals surface area contributed by atoms with E-state index in [1.165, 1.54) is 38.5 Å². The van der Waals surface area contributed by atoms with Crippen LogP contribution in [0.1, 0.15) is 77.6 Å². The molecule has 0 aliphatic heterocycles. The molecule has 0 saturated carbocycles. The molecule has 0 unspecified atom stereocenters. The lowest BCUT2D eigenvalue weighted by Crippen LogP contribution is -2.00. The summed E-state index contributed by atoms with van der Waals surface area (Å²) in [6, 6.07) is 0. The van der Waals surface area contributed by atoms with Crippen molar-refractivity contribution in [1.29, 1.82) is 0 Å². The first kappa shape index (κ1) is 21.9. The van der Waals surface area contributed by atoms with Gasteiger partial charge in [-0.15, -0.1) is 5.92 Å². The van der Waals surface area contributed by atoms with Gasteiger partial charge in [-0.25, -0.2) is 0 Å². The SMILES string of the molecule is CCCCCCCCC#CCC#CCC#CCC#CCC(=O)CO. The van der Waals surface area contributed by atoms with Crippen molar-refractivity contribution in [2.75, 3.05) is 6.61 Å². The Morgan fingerprint density at radius 3 is 1.79 bits per heavy atom. The zero-order chi connectivity index (χ0) is 17.7. The Bertz CT molecular complexity index is 570. The predicted octanol–water partition coefficient (Wildman–Crippen LogP) is 3.87. The standard InChI is InChI=1S/C22H28O2/c1-2-3-4-5-6-7-8-9-10-11-12-13-14-15-16-17-18-19-20-22(24)21-23/h23H,2-8,11,14,17,20-21H2,1H3. The third kappa shape index (κ3) is 17.9. The number of aliphatic hydroxyl groups is 1. The van der Waals surface area contributed by atoms with E-state index in [1.807, 2.05) is 0 Å². The van der Waals surface area contributed by atoms with Crippen molar-refractivity contribution in [2.45, 2.75) is 77.6 Å². The number of aliphatic hydroxyl groups excluding tert-OH is 1. The van der Waals surface area contributed by atoms with E-state index < -0.39 is 6.61 Å². The molecule has 0 saturated heterocycles. The summed E-state index contributed by atoms with van der Waals surface area (Å²) < 4.78 is 0. The summed E-state index contributed by atoms with van der Waals surface area (Å²) >= 11 is 0. The fourth-order valence-corrected chi connectivity index (χ4v) is 1.81. The average Bonchev–Trinajstić information content (AvgIpc) is 2.60. The molecule has 0 aromatic heterocycles. The summed E-state index contributed by atoms with van der Waals surface area (Å²) in [7, 11) is 0. The van der Waals surface area contributed by atoms with Crippen LogP contribution < -0.4 is 0 Å². The highest BCUT2D eigenvalue weighted by Crippen LogP contribution is 2.06. The van der Waals surface area contributed by atoms with E-state index in [0.29, 0.717) is 19.3 Å². The third-order valence-electron chi connectivity index (χ3n) is 3.15. The first-order valence-electron chi connectivity index (χ1n) is 8.76. The van der Waals surface area contributed by atoms with E-state index in [2.05, 4.69) is 54.3 Å². The Balaban J connectivity index is 3.57. The monoisotopic (exact) mass is 324 g/mol. The molecule has 0 aliphatic carbocycles. The lowest BCUT2D eigenvalue weighted by Gasteiger charge is -1.96. The van der Waals surface area contributed by atoms with Crippen LogP contribution >= 0.6 is 0 Å². The zero-order valence-corrected chi connectivity index (χ0v) is 14.8. The van der Waals surface area contributed by atoms with Gasteiger partial charge >= 0.3 is 0 Å². The molecule has 1 N–H and O–H groups in total. The van der Waals surface area contributed by atoms with Gasteiger partial charge < -0.3 is 5.11 Å². The third-order valence-corrected chi connectivity index (χ3v) is 3.15. The Kier molecular flexibility index (Phi) is 17.2. The van der Waals surface area contributed by atoms with Crippen molar-refractivity contribution in [1.82, 2.24) is 0 Å². The fourth-order valence-electron chi connectivity index (χ4n) is 1.81. The normalized spacial score (nSPS) is 8.42. The minimum atomic E-state index is -0.447. The molecule has 128 valence electrons. The molecule has 0 radical (unpaired) electrons. The lowest BCUT2D eigenvalue weighted by molar-refractivity contribution is -0.120. The van der Waals surface area contributed by atoms with Crippen LogP contribution in [-0.2, 0) is 4.79 Å². The molecule has 0 spiro atoms. The highest BCUT2D eigenvalue weighted by Gasteiger charge is 1.92. The van der Waals surface area contributed by atoms with Crippen LogP contribution in [0.3, 0.4) is 0 Å². The number of unbranched alkanes of at least 4 members (excludes halogenated alkanes) is 6. The molecule has 2 nitrogen and oxygen atoms in total. The van der Waals surface area contributed by atoms with E-state index >= 15 is 0 Å². The molecule has 0 amide bonds. The van der Waals surface area contributed by atoms with Crippen LogP contribution in [0.15, 0.2) is 0 Å². The van der Waals surface area contributed by atoms with E-state index in [9.17, 15) is 4.79 Å². The van der Waals surface area contributed by atoms with E-state index in [1.54, 1.807) is 0 Å². The van der Waals surface area contributed by atoms with Gasteiger partial charge in [-0.05, 0) is 6.42 Å². The summed E-state index contributed by atoms with van der Waals surface area (Å²) in [4.78, 5) is 10.8. The molecule has 0 aliphatic rings. The van der Waals surface area contributed by atoms with Gasteiger partial charge in [-0.2, -0.15) is 0 Å². The average molecular weight is 324 g/mol. The summed E-state index contributed by atoms with van der Waals surface area (Å²) in [5.41, 5.74) is 0. The molecule has 0 aromatic rings. The topological polar surface area (TPSA) is 37.3 Å². The molecule has 0 fully saturated rings. The maximum atomic E-state index is 10.8. The predicted molar refractivity (Wildman–Crippen MR) is 99.7 cm³/mol. The number of ketones is 1. The maximum absolute atomic E-state index is 10.8. The van der Waals surface area contributed by atoms with Crippen molar-refractivity contribution >= 4 is 5.78 Å². The minimum absolute atomic E-state index is 0.0927. The van der Waals surface area contributed by atoms with Crippen LogP contribution in [0.4, 0.5) is 0 Å². The summed E-state index contributed by atoms with van der Waals surface area (Å²) in [6.45, 7) is 1.79. The Labute approximate surface area is 147 Å². The first-order valence-corrected chi connectivity index (χ1v) is 8.76. The lowest BCUT2D eigenvalue weighted by atomic mass is 10.1. The second-order valence-corrected chi connectivity index (χ2v) is 5.34. The highest BCUT2D eigenvalue weighted by atomic mass is 16.3. The number of hydrogen-bond acceptors (Lipinski definition) is 2. The van der Waals surface area contributed by atoms with Crippen molar-refractivity contribution in [3.63, 3.8) is 0 Å². The van der Waals surface area contributed by atoms with Gasteiger partial charge in [0.2, 0.25) is 0 Å². The molecule has 0 bridgehead atoms. The van der Waals surface area contributed by atoms with Crippen molar-refractivity contribution in [2.24, 2.45) is 0 Å². The van der Waals surface area contributed by atoms with Crippen LogP contribution in [0.5, 0.6) is 0 Å². The van der Waals surface area contributed by atoms with Gasteiger partial charge in [0, 0.05) is 6.42 Å². The van der Waals surface area contributed by atoms with E-state index in [4.69, 9.17) is 5.11 Å². The van der Waals surface area contributed by atoms with Gasteiger partial charge in [0.15, 0.2) is 5.78 Å². The van der Waals surface area contributed by atoms with Crippen LogP contribution in [0.25, 0.3) is 0 Å². The Morgan fingerprint density at radius 1 is 0.708 bits per heavy atom. The fraction of sp³-hybridized carbons (Fsp3) is 0.591. The Morgan fingerprint density at radius 2 is 1.21 bits per heavy atom. The first-order chi connectivity index (χ1) is 11.8. The molecular formula is C22H28O2. The molecule has 0 heterocycles. The van der Waals surface area contributed by atoms with Gasteiger partial charge in [-0.1, -0.05) is 80.5 Å². The van der Waals surface area contributed by atoms with Crippen molar-refractivity contribution < 1.29 is 9.90 Å². The summed E-state index contributed by atoms with van der Waals surface area (Å²) in [6.07, 6.45) is 10.4. The molecule has 0 rings (SSSR count). The molecular weight excluding hydrogens is 296 g/mol. The van der Waals surface area contributed by atoms with Crippen LogP contribution in [0, 0.1) is 47.4 Å². The van der Waals surface area contributed by atoms with Gasteiger partial charge in [0.05, 0.1) is 25.7 Å². The number of carbonyl (C=O) groups is 1. The number of Topliss-reactive ketones (excluding diaryl/α,β-unsaturated/α-hetero) is 1. The quantitative estimate of drug-likeness (QED) is 0.543. The molecule has 24 heavy (non-hydrogen) atoms. The van der Waals surface area contributed by atoms with Crippen LogP contribution in [-0.4, -0.2) is 17.5 Å². The van der Waals surface area contributed by atoms with Crippen molar-refractivity contribution in [3.05, 3.63) is 0 Å². The summed E-state index contributed by atoms with van der Waals surface area (Å²) in [5, 5.41) is 8.51. The summed E-state index contributed by atoms with van der Waals surface area (Å²) in [5.74, 6) is 23.2. The van der Waals surface area contributed by atoms with Gasteiger partial charge in [-0.3, -0.25) is 4.79 Å².